The first-order chi connectivity index (χ1) is 11.6. The molecule has 9 unspecified atom stereocenters. The van der Waals surface area contributed by atoms with Gasteiger partial charge in [0.05, 0.1) is 12.1 Å². The van der Waals surface area contributed by atoms with Crippen LogP contribution in [0.15, 0.2) is 24.3 Å². The molecule has 0 radical (unpaired) electrons. The highest BCUT2D eigenvalue weighted by molar-refractivity contribution is 5.85. The highest BCUT2D eigenvalue weighted by Gasteiger charge is 2.64. The maximum absolute atomic E-state index is 11.0. The van der Waals surface area contributed by atoms with Crippen molar-refractivity contribution < 1.29 is 14.9 Å². The first kappa shape index (κ1) is 13.8. The Morgan fingerprint density at radius 2 is 2.04 bits per heavy atom. The van der Waals surface area contributed by atoms with Crippen LogP contribution in [0.4, 0.5) is 0 Å². The number of aromatic amines is 1. The van der Waals surface area contributed by atoms with E-state index in [1.165, 1.54) is 22.2 Å². The Kier molecular flexibility index (Phi) is 2.54. The van der Waals surface area contributed by atoms with Crippen LogP contribution >= 0.6 is 0 Å². The smallest absolute Gasteiger partial charge is 0.159 e. The Morgan fingerprint density at radius 1 is 1.21 bits per heavy atom. The molecule has 3 N–H and O–H groups in total. The lowest BCUT2D eigenvalue weighted by atomic mass is 9.58. The molecule has 0 spiro atoms. The zero-order valence-electron chi connectivity index (χ0n) is 13.6. The lowest BCUT2D eigenvalue weighted by Gasteiger charge is -2.66. The number of hydrogen-bond donors (Lipinski definition) is 3. The Bertz CT molecular complexity index is 833. The van der Waals surface area contributed by atoms with Crippen molar-refractivity contribution in [3.05, 3.63) is 35.5 Å². The number of fused-ring (bicyclic) bond motifs is 3. The SMILES string of the molecule is CC1OC(O)C2C3CC4c5[nH]c6ccccc6c5CC2N4C(O)C13. The molecular formula is C19H22N2O3. The van der Waals surface area contributed by atoms with E-state index in [4.69, 9.17) is 4.74 Å². The van der Waals surface area contributed by atoms with Crippen molar-refractivity contribution in [1.82, 2.24) is 9.88 Å². The Labute approximate surface area is 140 Å². The Hall–Kier alpha value is -1.40. The molecule has 6 heterocycles. The van der Waals surface area contributed by atoms with Crippen molar-refractivity contribution in [3.8, 4) is 0 Å². The van der Waals surface area contributed by atoms with Gasteiger partial charge in [-0.1, -0.05) is 18.2 Å². The predicted octanol–water partition coefficient (Wildman–Crippen LogP) is 1.76. The molecule has 5 aliphatic rings. The van der Waals surface area contributed by atoms with E-state index in [1.807, 2.05) is 6.92 Å². The minimum atomic E-state index is -0.714. The number of nitrogens with one attached hydrogen (secondary N) is 1. The molecule has 24 heavy (non-hydrogen) atoms. The second-order valence-corrected chi connectivity index (χ2v) is 8.00. The summed E-state index contributed by atoms with van der Waals surface area (Å²) >= 11 is 0. The summed E-state index contributed by atoms with van der Waals surface area (Å²) in [6.07, 6.45) is 0.580. The van der Waals surface area contributed by atoms with Gasteiger partial charge in [-0.15, -0.1) is 0 Å². The zero-order valence-corrected chi connectivity index (χ0v) is 13.6. The summed E-state index contributed by atoms with van der Waals surface area (Å²) < 4.78 is 5.79. The average molecular weight is 326 g/mol. The van der Waals surface area contributed by atoms with Gasteiger partial charge in [-0.2, -0.15) is 0 Å². The topological polar surface area (TPSA) is 68.7 Å². The van der Waals surface area contributed by atoms with E-state index in [-0.39, 0.29) is 30.0 Å². The Balaban J connectivity index is 1.55. The molecule has 5 heteroatoms. The van der Waals surface area contributed by atoms with Gasteiger partial charge in [0.25, 0.3) is 0 Å². The number of aliphatic hydroxyl groups excluding tert-OH is 2. The van der Waals surface area contributed by atoms with Crippen molar-refractivity contribution >= 4 is 10.9 Å². The number of ether oxygens (including phenoxy) is 1. The van der Waals surface area contributed by atoms with Crippen LogP contribution in [0.1, 0.15) is 30.6 Å². The lowest BCUT2D eigenvalue weighted by Crippen LogP contribution is -2.73. The zero-order chi connectivity index (χ0) is 16.2. The number of aliphatic hydroxyl groups is 2. The number of piperidine rings is 3. The second kappa shape index (κ2) is 4.41. The molecule has 4 saturated heterocycles. The van der Waals surface area contributed by atoms with E-state index < -0.39 is 12.5 Å². The fourth-order valence-electron chi connectivity index (χ4n) is 6.30. The summed E-state index contributed by atoms with van der Waals surface area (Å²) in [6.45, 7) is 1.99. The minimum Gasteiger partial charge on any atom is -0.378 e. The highest BCUT2D eigenvalue weighted by atomic mass is 16.6. The number of rotatable bonds is 0. The van der Waals surface area contributed by atoms with Crippen molar-refractivity contribution in [2.75, 3.05) is 0 Å². The van der Waals surface area contributed by atoms with Crippen LogP contribution in [-0.4, -0.2) is 44.8 Å². The van der Waals surface area contributed by atoms with Gasteiger partial charge >= 0.3 is 0 Å². The second-order valence-electron chi connectivity index (χ2n) is 8.00. The summed E-state index contributed by atoms with van der Waals surface area (Å²) in [5.41, 5.74) is 3.82. The van der Waals surface area contributed by atoms with Gasteiger partial charge in [-0.05, 0) is 37.3 Å². The predicted molar refractivity (Wildman–Crippen MR) is 88.0 cm³/mol. The van der Waals surface area contributed by atoms with Crippen LogP contribution in [0.5, 0.6) is 0 Å². The van der Waals surface area contributed by atoms with Crippen LogP contribution in [0.3, 0.4) is 0 Å². The number of hydrogen-bond acceptors (Lipinski definition) is 4. The summed E-state index contributed by atoms with van der Waals surface area (Å²) in [7, 11) is 0. The van der Waals surface area contributed by atoms with Crippen LogP contribution in [0, 0.1) is 17.8 Å². The Morgan fingerprint density at radius 3 is 2.92 bits per heavy atom. The molecule has 7 rings (SSSR count). The fraction of sp³-hybridized carbons (Fsp3) is 0.579. The van der Waals surface area contributed by atoms with Crippen molar-refractivity contribution in [2.24, 2.45) is 17.8 Å². The molecule has 2 aromatic rings. The molecule has 9 atom stereocenters. The third-order valence-electron chi connectivity index (χ3n) is 7.14. The van der Waals surface area contributed by atoms with Crippen LogP contribution in [-0.2, 0) is 11.2 Å². The van der Waals surface area contributed by atoms with Crippen LogP contribution < -0.4 is 0 Å². The summed E-state index contributed by atoms with van der Waals surface area (Å²) in [5, 5.41) is 22.9. The third-order valence-corrected chi connectivity index (χ3v) is 7.14. The number of H-pyrrole nitrogens is 1. The molecule has 6 bridgehead atoms. The molecular weight excluding hydrogens is 304 g/mol. The highest BCUT2D eigenvalue weighted by Crippen LogP contribution is 2.59. The molecule has 0 saturated carbocycles. The number of benzene rings is 1. The number of para-hydroxylation sites is 1. The summed E-state index contributed by atoms with van der Waals surface area (Å²) in [6, 6.07) is 8.84. The maximum Gasteiger partial charge on any atom is 0.159 e. The van der Waals surface area contributed by atoms with Gasteiger partial charge in [0, 0.05) is 34.5 Å². The van der Waals surface area contributed by atoms with E-state index >= 15 is 0 Å². The fourth-order valence-corrected chi connectivity index (χ4v) is 6.30. The first-order valence-electron chi connectivity index (χ1n) is 9.03. The van der Waals surface area contributed by atoms with E-state index in [1.54, 1.807) is 0 Å². The molecule has 1 aromatic carbocycles. The largest absolute Gasteiger partial charge is 0.378 e. The van der Waals surface area contributed by atoms with Gasteiger partial charge in [0.1, 0.15) is 6.23 Å². The van der Waals surface area contributed by atoms with Crippen LogP contribution in [0.2, 0.25) is 0 Å². The van der Waals surface area contributed by atoms with E-state index in [0.717, 1.165) is 12.8 Å². The monoisotopic (exact) mass is 326 g/mol. The van der Waals surface area contributed by atoms with E-state index in [9.17, 15) is 10.2 Å². The molecule has 0 amide bonds. The van der Waals surface area contributed by atoms with Gasteiger partial charge in [-0.3, -0.25) is 4.90 Å². The average Bonchev–Trinajstić information content (AvgIpc) is 2.93. The summed E-state index contributed by atoms with van der Waals surface area (Å²) in [5.74, 6) is 0.544. The normalized spacial score (nSPS) is 48.5. The van der Waals surface area contributed by atoms with E-state index in [2.05, 4.69) is 34.1 Å². The molecule has 4 fully saturated rings. The molecule has 1 aromatic heterocycles. The minimum absolute atomic E-state index is 0.0951. The number of nitrogens with zero attached hydrogens (tertiary/aromatic N) is 1. The molecule has 126 valence electrons. The lowest BCUT2D eigenvalue weighted by molar-refractivity contribution is -0.333. The molecule has 5 nitrogen and oxygen atoms in total. The standard InChI is InChI=1S/C19H22N2O3/c1-8-15-11-7-14-17-10(9-4-2-3-5-12(9)20-17)6-13(21(14)18(15)22)16(11)19(23)24-8/h2-5,8,11,13-16,18-20,22-23H,6-7H2,1H3. The van der Waals surface area contributed by atoms with Gasteiger partial charge in [0.2, 0.25) is 0 Å². The first-order valence-corrected chi connectivity index (χ1v) is 9.03. The molecule has 0 aliphatic carbocycles. The van der Waals surface area contributed by atoms with Crippen molar-refractivity contribution in [1.29, 1.82) is 0 Å². The maximum atomic E-state index is 11.0. The quantitative estimate of drug-likeness (QED) is 0.690. The van der Waals surface area contributed by atoms with Crippen molar-refractivity contribution in [3.63, 3.8) is 0 Å². The van der Waals surface area contributed by atoms with Gasteiger partial charge in [0.15, 0.2) is 6.29 Å². The van der Waals surface area contributed by atoms with E-state index in [0.29, 0.717) is 5.92 Å². The number of aromatic nitrogens is 1. The third kappa shape index (κ3) is 1.46. The summed E-state index contributed by atoms with van der Waals surface area (Å²) in [4.78, 5) is 5.89. The molecule has 5 aliphatic heterocycles. The van der Waals surface area contributed by atoms with Crippen molar-refractivity contribution in [2.45, 2.75) is 50.5 Å². The van der Waals surface area contributed by atoms with Gasteiger partial charge in [-0.25, -0.2) is 0 Å². The van der Waals surface area contributed by atoms with Crippen LogP contribution in [0.25, 0.3) is 10.9 Å². The van der Waals surface area contributed by atoms with Gasteiger partial charge < -0.3 is 19.9 Å².